The second-order valence-corrected chi connectivity index (χ2v) is 5.91. The number of thiophene rings is 1. The zero-order valence-electron chi connectivity index (χ0n) is 12.2. The number of aromatic amines is 1. The summed E-state index contributed by atoms with van der Waals surface area (Å²) in [4.78, 5) is 32.8. The molecule has 0 bridgehead atoms. The van der Waals surface area contributed by atoms with E-state index in [1.165, 1.54) is 16.2 Å². The number of amides is 1. The van der Waals surface area contributed by atoms with Crippen LogP contribution in [0.25, 0.3) is 10.2 Å². The van der Waals surface area contributed by atoms with Crippen molar-refractivity contribution < 1.29 is 4.79 Å². The molecule has 0 unspecified atom stereocenters. The maximum Gasteiger partial charge on any atom is 0.268 e. The van der Waals surface area contributed by atoms with Gasteiger partial charge >= 0.3 is 0 Å². The Kier molecular flexibility index (Phi) is 3.91. The van der Waals surface area contributed by atoms with Crippen LogP contribution in [0.2, 0.25) is 0 Å². The van der Waals surface area contributed by atoms with Crippen molar-refractivity contribution in [2.24, 2.45) is 0 Å². The third-order valence-electron chi connectivity index (χ3n) is 3.36. The molecule has 0 aliphatic carbocycles. The Hall–Kier alpha value is -2.98. The largest absolute Gasteiger partial charge is 0.334 e. The lowest BCUT2D eigenvalue weighted by Gasteiger charge is -2.16. The number of benzene rings is 1. The summed E-state index contributed by atoms with van der Waals surface area (Å²) in [7, 11) is 1.64. The summed E-state index contributed by atoms with van der Waals surface area (Å²) in [5, 5.41) is 10.6. The van der Waals surface area contributed by atoms with Crippen LogP contribution in [0, 0.1) is 11.3 Å². The molecule has 7 heteroatoms. The molecule has 23 heavy (non-hydrogen) atoms. The van der Waals surface area contributed by atoms with Gasteiger partial charge in [0.05, 0.1) is 23.7 Å². The molecule has 0 saturated carbocycles. The van der Waals surface area contributed by atoms with Crippen molar-refractivity contribution in [3.63, 3.8) is 0 Å². The molecule has 0 radical (unpaired) electrons. The van der Waals surface area contributed by atoms with Crippen molar-refractivity contribution in [1.29, 1.82) is 5.26 Å². The monoisotopic (exact) mass is 324 g/mol. The molecule has 1 N–H and O–H groups in total. The molecule has 0 saturated heterocycles. The number of hydrogen-bond donors (Lipinski definition) is 1. The first-order valence-corrected chi connectivity index (χ1v) is 7.68. The molecule has 0 fully saturated rings. The molecule has 0 aliphatic rings. The average Bonchev–Trinajstić information content (AvgIpc) is 3.03. The van der Waals surface area contributed by atoms with E-state index in [1.807, 2.05) is 11.4 Å². The van der Waals surface area contributed by atoms with E-state index in [-0.39, 0.29) is 18.0 Å². The number of aromatic nitrogens is 2. The molecule has 114 valence electrons. The quantitative estimate of drug-likeness (QED) is 0.799. The number of hydrogen-bond acceptors (Lipinski definition) is 5. The number of nitrogens with one attached hydrogen (secondary N) is 1. The third-order valence-corrected chi connectivity index (χ3v) is 4.26. The van der Waals surface area contributed by atoms with Crippen molar-refractivity contribution >= 4 is 27.5 Å². The summed E-state index contributed by atoms with van der Waals surface area (Å²) in [5.74, 6) is 0.230. The normalized spacial score (nSPS) is 10.4. The number of nitrogens with zero attached hydrogens (tertiary/aromatic N) is 3. The van der Waals surface area contributed by atoms with E-state index in [1.54, 1.807) is 37.4 Å². The van der Waals surface area contributed by atoms with E-state index in [9.17, 15) is 9.59 Å². The Morgan fingerprint density at radius 3 is 2.78 bits per heavy atom. The van der Waals surface area contributed by atoms with Gasteiger partial charge in [0.2, 0.25) is 0 Å². The van der Waals surface area contributed by atoms with Gasteiger partial charge in [0, 0.05) is 12.6 Å². The molecular weight excluding hydrogens is 312 g/mol. The van der Waals surface area contributed by atoms with Crippen LogP contribution >= 0.6 is 11.3 Å². The van der Waals surface area contributed by atoms with Gasteiger partial charge in [0.25, 0.3) is 11.5 Å². The van der Waals surface area contributed by atoms with Crippen LogP contribution in [0.3, 0.4) is 0 Å². The van der Waals surface area contributed by atoms with Crippen LogP contribution in [0.5, 0.6) is 0 Å². The second-order valence-electron chi connectivity index (χ2n) is 5.00. The zero-order valence-corrected chi connectivity index (χ0v) is 13.1. The SMILES string of the molecule is CN(Cc1nc2ccsc2c(=O)[nH]1)C(=O)c1ccc(C#N)cc1. The van der Waals surface area contributed by atoms with Crippen LogP contribution in [-0.2, 0) is 6.54 Å². The summed E-state index contributed by atoms with van der Waals surface area (Å²) < 4.78 is 0.579. The molecule has 2 aromatic heterocycles. The third kappa shape index (κ3) is 2.98. The van der Waals surface area contributed by atoms with Crippen molar-refractivity contribution in [1.82, 2.24) is 14.9 Å². The number of carbonyl (C=O) groups is 1. The maximum atomic E-state index is 12.4. The van der Waals surface area contributed by atoms with Gasteiger partial charge < -0.3 is 9.88 Å². The van der Waals surface area contributed by atoms with E-state index in [0.29, 0.717) is 27.2 Å². The summed E-state index contributed by atoms with van der Waals surface area (Å²) in [6, 6.07) is 10.2. The standard InChI is InChI=1S/C16H12N4O2S/c1-20(16(22)11-4-2-10(8-17)3-5-11)9-13-18-12-6-7-23-14(12)15(21)19-13/h2-7H,9H2,1H3,(H,18,19,21). The fraction of sp³-hybridized carbons (Fsp3) is 0.125. The van der Waals surface area contributed by atoms with Gasteiger partial charge in [-0.15, -0.1) is 11.3 Å². The van der Waals surface area contributed by atoms with E-state index in [2.05, 4.69) is 9.97 Å². The van der Waals surface area contributed by atoms with Crippen LogP contribution in [-0.4, -0.2) is 27.8 Å². The number of carbonyl (C=O) groups excluding carboxylic acids is 1. The Morgan fingerprint density at radius 2 is 2.09 bits per heavy atom. The van der Waals surface area contributed by atoms with Crippen molar-refractivity contribution in [2.45, 2.75) is 6.54 Å². The highest BCUT2D eigenvalue weighted by Gasteiger charge is 2.14. The number of nitriles is 1. The highest BCUT2D eigenvalue weighted by molar-refractivity contribution is 7.17. The van der Waals surface area contributed by atoms with Crippen LogP contribution in [0.4, 0.5) is 0 Å². The fourth-order valence-corrected chi connectivity index (χ4v) is 2.93. The van der Waals surface area contributed by atoms with Gasteiger partial charge in [-0.1, -0.05) is 0 Å². The molecule has 1 aromatic carbocycles. The van der Waals surface area contributed by atoms with Crippen LogP contribution in [0.15, 0.2) is 40.5 Å². The minimum Gasteiger partial charge on any atom is -0.334 e. The van der Waals surface area contributed by atoms with E-state index in [4.69, 9.17) is 5.26 Å². The van der Waals surface area contributed by atoms with E-state index in [0.717, 1.165) is 0 Å². The number of fused-ring (bicyclic) bond motifs is 1. The first-order chi connectivity index (χ1) is 11.1. The van der Waals surface area contributed by atoms with Gasteiger partial charge in [0.15, 0.2) is 0 Å². The number of rotatable bonds is 3. The van der Waals surface area contributed by atoms with Crippen molar-refractivity contribution in [3.05, 3.63) is 63.0 Å². The lowest BCUT2D eigenvalue weighted by molar-refractivity contribution is 0.0781. The Morgan fingerprint density at radius 1 is 1.35 bits per heavy atom. The summed E-state index contributed by atoms with van der Waals surface area (Å²) in [5.41, 5.74) is 1.41. The van der Waals surface area contributed by atoms with Gasteiger partial charge in [-0.3, -0.25) is 9.59 Å². The smallest absolute Gasteiger partial charge is 0.268 e. The van der Waals surface area contributed by atoms with Gasteiger partial charge in [-0.2, -0.15) is 5.26 Å². The average molecular weight is 324 g/mol. The van der Waals surface area contributed by atoms with Crippen LogP contribution in [0.1, 0.15) is 21.7 Å². The molecule has 6 nitrogen and oxygen atoms in total. The van der Waals surface area contributed by atoms with Crippen LogP contribution < -0.4 is 5.56 Å². The molecule has 3 rings (SSSR count). The minimum atomic E-state index is -0.206. The molecule has 0 aliphatic heterocycles. The van der Waals surface area contributed by atoms with E-state index < -0.39 is 0 Å². The molecule has 2 heterocycles. The highest BCUT2D eigenvalue weighted by Crippen LogP contribution is 2.14. The molecule has 0 atom stereocenters. The molecular formula is C16H12N4O2S. The molecule has 3 aromatic rings. The maximum absolute atomic E-state index is 12.4. The Labute approximate surface area is 135 Å². The predicted octanol–water partition coefficient (Wildman–Crippen LogP) is 2.13. The van der Waals surface area contributed by atoms with Gasteiger partial charge in [-0.05, 0) is 35.7 Å². The fourth-order valence-electron chi connectivity index (χ4n) is 2.20. The zero-order chi connectivity index (χ0) is 16.4. The summed E-state index contributed by atoms with van der Waals surface area (Å²) in [6.45, 7) is 0.194. The highest BCUT2D eigenvalue weighted by atomic mass is 32.1. The topological polar surface area (TPSA) is 89.8 Å². The van der Waals surface area contributed by atoms with Crippen molar-refractivity contribution in [3.8, 4) is 6.07 Å². The molecule has 0 spiro atoms. The lowest BCUT2D eigenvalue weighted by atomic mass is 10.1. The molecule has 1 amide bonds. The van der Waals surface area contributed by atoms with Gasteiger partial charge in [-0.25, -0.2) is 4.98 Å². The predicted molar refractivity (Wildman–Crippen MR) is 87.2 cm³/mol. The van der Waals surface area contributed by atoms with E-state index >= 15 is 0 Å². The first kappa shape index (κ1) is 14.9. The minimum absolute atomic E-state index is 0.194. The van der Waals surface area contributed by atoms with Crippen molar-refractivity contribution in [2.75, 3.05) is 7.05 Å². The number of H-pyrrole nitrogens is 1. The summed E-state index contributed by atoms with van der Waals surface area (Å²) in [6.07, 6.45) is 0. The lowest BCUT2D eigenvalue weighted by Crippen LogP contribution is -2.28. The summed E-state index contributed by atoms with van der Waals surface area (Å²) >= 11 is 1.34. The second kappa shape index (κ2) is 6.02. The van der Waals surface area contributed by atoms with Gasteiger partial charge in [0.1, 0.15) is 10.5 Å². The first-order valence-electron chi connectivity index (χ1n) is 6.80. The Balaban J connectivity index is 1.81. The Bertz CT molecular complexity index is 966.